The molecule has 0 saturated carbocycles. The van der Waals surface area contributed by atoms with Crippen molar-refractivity contribution >= 4 is 65.7 Å². The Morgan fingerprint density at radius 1 is 0.373 bits per heavy atom. The van der Waals surface area contributed by atoms with Gasteiger partial charge in [0.2, 0.25) is 0 Å². The lowest BCUT2D eigenvalue weighted by Crippen LogP contribution is -2.03. The first-order valence-corrected chi connectivity index (χ1v) is 17.0. The second-order valence-electron chi connectivity index (χ2n) is 12.8. The summed E-state index contributed by atoms with van der Waals surface area (Å²) in [6, 6.07) is 53.6. The largest absolute Gasteiger partial charge is 0.455 e. The van der Waals surface area contributed by atoms with Crippen LogP contribution in [0.3, 0.4) is 0 Å². The quantitative estimate of drug-likeness (QED) is 0.189. The van der Waals surface area contributed by atoms with Gasteiger partial charge in [-0.15, -0.1) is 0 Å². The average molecular weight is 655 g/mol. The zero-order valence-electron chi connectivity index (χ0n) is 27.1. The first kappa shape index (κ1) is 27.9. The van der Waals surface area contributed by atoms with E-state index in [2.05, 4.69) is 71.3 Å². The number of furan rings is 2. The van der Waals surface area contributed by atoms with Gasteiger partial charge in [0.15, 0.2) is 17.5 Å². The third-order valence-corrected chi connectivity index (χ3v) is 9.87. The summed E-state index contributed by atoms with van der Waals surface area (Å²) in [4.78, 5) is 15.2. The molecule has 0 saturated heterocycles. The van der Waals surface area contributed by atoms with Crippen LogP contribution in [0.5, 0.6) is 0 Å². The molecule has 7 aromatic carbocycles. The van der Waals surface area contributed by atoms with Crippen molar-refractivity contribution in [2.75, 3.05) is 0 Å². The molecule has 0 unspecified atom stereocenters. The standard InChI is InChI=1S/C45H26N4O2/c1-3-13-27(14-4-1)43-46-44(28-15-5-2-6-16-28)48-45(47-43)33-19-7-10-20-34(33)49-35-25-23-31-29-17-8-11-21-37(29)50-41(31)39(35)40-36(49)26-24-32-30-18-9-12-22-38(30)51-42(32)40/h1-26H. The average Bonchev–Trinajstić information content (AvgIpc) is 3.88. The number of hydrogen-bond acceptors (Lipinski definition) is 5. The highest BCUT2D eigenvalue weighted by molar-refractivity contribution is 6.30. The Balaban J connectivity index is 1.26. The van der Waals surface area contributed by atoms with Crippen LogP contribution in [-0.2, 0) is 0 Å². The summed E-state index contributed by atoms with van der Waals surface area (Å²) in [7, 11) is 0. The molecule has 0 amide bonds. The van der Waals surface area contributed by atoms with Crippen molar-refractivity contribution in [1.82, 2.24) is 19.5 Å². The molecule has 4 heterocycles. The smallest absolute Gasteiger partial charge is 0.166 e. The molecule has 51 heavy (non-hydrogen) atoms. The third kappa shape index (κ3) is 4.14. The fraction of sp³-hybridized carbons (Fsp3) is 0. The molecule has 0 aliphatic rings. The van der Waals surface area contributed by atoms with Crippen molar-refractivity contribution in [3.05, 3.63) is 158 Å². The number of aromatic nitrogens is 4. The van der Waals surface area contributed by atoms with Crippen molar-refractivity contribution in [3.8, 4) is 39.9 Å². The molecular formula is C45H26N4O2. The minimum absolute atomic E-state index is 0.586. The molecule has 0 atom stereocenters. The Hall–Kier alpha value is -7.05. The summed E-state index contributed by atoms with van der Waals surface area (Å²) in [6.07, 6.45) is 0. The zero-order valence-corrected chi connectivity index (χ0v) is 27.1. The van der Waals surface area contributed by atoms with Crippen LogP contribution in [0.4, 0.5) is 0 Å². The maximum absolute atomic E-state index is 6.70. The van der Waals surface area contributed by atoms with Crippen molar-refractivity contribution in [3.63, 3.8) is 0 Å². The van der Waals surface area contributed by atoms with E-state index >= 15 is 0 Å². The first-order valence-electron chi connectivity index (χ1n) is 17.0. The SMILES string of the molecule is c1ccc(-c2nc(-c3ccccc3)nc(-c3ccccc3-n3c4ccc5c6ccccc6oc5c4c4c5oc6ccccc6c5ccc43)n2)cc1. The summed E-state index contributed by atoms with van der Waals surface area (Å²) < 4.78 is 15.7. The van der Waals surface area contributed by atoms with E-state index in [1.54, 1.807) is 0 Å². The van der Waals surface area contributed by atoms with Gasteiger partial charge in [0, 0.05) is 38.2 Å². The molecule has 6 heteroatoms. The van der Waals surface area contributed by atoms with Crippen LogP contribution in [0, 0.1) is 0 Å². The second kappa shape index (κ2) is 10.7. The van der Waals surface area contributed by atoms with Gasteiger partial charge in [-0.1, -0.05) is 109 Å². The highest BCUT2D eigenvalue weighted by atomic mass is 16.3. The number of hydrogen-bond donors (Lipinski definition) is 0. The third-order valence-electron chi connectivity index (χ3n) is 9.87. The summed E-state index contributed by atoms with van der Waals surface area (Å²) in [5.41, 5.74) is 9.03. The molecule has 11 aromatic rings. The van der Waals surface area contributed by atoms with E-state index in [1.165, 1.54) is 0 Å². The zero-order chi connectivity index (χ0) is 33.5. The molecule has 0 bridgehead atoms. The van der Waals surface area contributed by atoms with Crippen LogP contribution in [0.2, 0.25) is 0 Å². The minimum Gasteiger partial charge on any atom is -0.455 e. The van der Waals surface area contributed by atoms with Crippen LogP contribution in [0.15, 0.2) is 167 Å². The minimum atomic E-state index is 0.586. The topological polar surface area (TPSA) is 69.9 Å². The predicted molar refractivity (Wildman–Crippen MR) is 205 cm³/mol. The van der Waals surface area contributed by atoms with Crippen molar-refractivity contribution in [2.24, 2.45) is 0 Å². The van der Waals surface area contributed by atoms with Crippen LogP contribution >= 0.6 is 0 Å². The van der Waals surface area contributed by atoms with Gasteiger partial charge in [-0.3, -0.25) is 0 Å². The van der Waals surface area contributed by atoms with E-state index in [0.29, 0.717) is 17.5 Å². The fourth-order valence-electron chi connectivity index (χ4n) is 7.59. The van der Waals surface area contributed by atoms with Gasteiger partial charge in [-0.2, -0.15) is 0 Å². The highest BCUT2D eigenvalue weighted by Crippen LogP contribution is 2.45. The fourth-order valence-corrected chi connectivity index (χ4v) is 7.59. The number of para-hydroxylation sites is 3. The lowest BCUT2D eigenvalue weighted by Gasteiger charge is -2.14. The van der Waals surface area contributed by atoms with Gasteiger partial charge in [-0.05, 0) is 48.5 Å². The molecule has 0 N–H and O–H groups in total. The summed E-state index contributed by atoms with van der Waals surface area (Å²) >= 11 is 0. The van der Waals surface area contributed by atoms with Gasteiger partial charge in [0.25, 0.3) is 0 Å². The Morgan fingerprint density at radius 3 is 1.37 bits per heavy atom. The van der Waals surface area contributed by atoms with E-state index in [0.717, 1.165) is 88.1 Å². The molecule has 0 spiro atoms. The molecule has 238 valence electrons. The molecule has 0 radical (unpaired) electrons. The van der Waals surface area contributed by atoms with E-state index in [1.807, 2.05) is 91.0 Å². The molecular weight excluding hydrogens is 629 g/mol. The first-order chi connectivity index (χ1) is 25.3. The van der Waals surface area contributed by atoms with E-state index in [-0.39, 0.29) is 0 Å². The summed E-state index contributed by atoms with van der Waals surface area (Å²) in [5, 5.41) is 6.30. The van der Waals surface area contributed by atoms with Crippen molar-refractivity contribution in [1.29, 1.82) is 0 Å². The number of nitrogens with zero attached hydrogens (tertiary/aromatic N) is 4. The van der Waals surface area contributed by atoms with E-state index < -0.39 is 0 Å². The molecule has 4 aromatic heterocycles. The Labute approximate surface area is 290 Å². The summed E-state index contributed by atoms with van der Waals surface area (Å²) in [6.45, 7) is 0. The van der Waals surface area contributed by atoms with Crippen LogP contribution < -0.4 is 0 Å². The highest BCUT2D eigenvalue weighted by Gasteiger charge is 2.25. The number of benzene rings is 7. The molecule has 6 nitrogen and oxygen atoms in total. The second-order valence-corrected chi connectivity index (χ2v) is 12.8. The van der Waals surface area contributed by atoms with Crippen molar-refractivity contribution < 1.29 is 8.83 Å². The van der Waals surface area contributed by atoms with Crippen LogP contribution in [0.1, 0.15) is 0 Å². The van der Waals surface area contributed by atoms with Gasteiger partial charge in [-0.25, -0.2) is 15.0 Å². The predicted octanol–water partition coefficient (Wildman–Crippen LogP) is 11.8. The van der Waals surface area contributed by atoms with Gasteiger partial charge >= 0.3 is 0 Å². The lowest BCUT2D eigenvalue weighted by atomic mass is 10.1. The maximum Gasteiger partial charge on any atom is 0.166 e. The Kier molecular flexibility index (Phi) is 5.86. The number of rotatable bonds is 4. The monoisotopic (exact) mass is 654 g/mol. The lowest BCUT2D eigenvalue weighted by molar-refractivity contribution is 0.670. The van der Waals surface area contributed by atoms with Gasteiger partial charge in [0.05, 0.1) is 27.5 Å². The summed E-state index contributed by atoms with van der Waals surface area (Å²) in [5.74, 6) is 1.82. The normalized spacial score (nSPS) is 11.9. The maximum atomic E-state index is 6.70. The molecule has 0 fully saturated rings. The van der Waals surface area contributed by atoms with E-state index in [4.69, 9.17) is 23.8 Å². The van der Waals surface area contributed by atoms with E-state index in [9.17, 15) is 0 Å². The molecule has 0 aliphatic heterocycles. The van der Waals surface area contributed by atoms with Gasteiger partial charge < -0.3 is 13.4 Å². The van der Waals surface area contributed by atoms with Crippen LogP contribution in [0.25, 0.3) is 106 Å². The Bertz CT molecular complexity index is 2950. The van der Waals surface area contributed by atoms with Crippen molar-refractivity contribution in [2.45, 2.75) is 0 Å². The molecule has 0 aliphatic carbocycles. The molecule has 11 rings (SSSR count). The van der Waals surface area contributed by atoms with Gasteiger partial charge in [0.1, 0.15) is 22.3 Å². The number of fused-ring (bicyclic) bond motifs is 11. The Morgan fingerprint density at radius 2 is 0.824 bits per heavy atom. The van der Waals surface area contributed by atoms with Crippen LogP contribution in [-0.4, -0.2) is 19.5 Å².